The second kappa shape index (κ2) is 4.01. The van der Waals surface area contributed by atoms with Crippen LogP contribution in [0.3, 0.4) is 0 Å². The molecule has 0 amide bonds. The number of carboxylic acids is 1. The second-order valence-corrected chi connectivity index (χ2v) is 4.18. The van der Waals surface area contributed by atoms with Crippen molar-refractivity contribution in [1.82, 2.24) is 0 Å². The normalized spacial score (nSPS) is 21.3. The molecule has 0 radical (unpaired) electrons. The predicted octanol–water partition coefficient (Wildman–Crippen LogP) is 2.09. The first kappa shape index (κ1) is 10.1. The maximum Gasteiger partial charge on any atom is 0.331 e. The molecule has 80 valence electrons. The Morgan fingerprint density at radius 3 is 2.13 bits per heavy atom. The molecule has 0 aromatic heterocycles. The third-order valence-electron chi connectivity index (χ3n) is 3.22. The Balaban J connectivity index is 2.06. The molecular formula is C12H14O3. The number of allylic oxidation sites excluding steroid dienone is 3. The molecule has 2 aliphatic rings. The Morgan fingerprint density at radius 2 is 1.73 bits per heavy atom. The Kier molecular flexibility index (Phi) is 2.71. The van der Waals surface area contributed by atoms with Crippen molar-refractivity contribution in [3.05, 3.63) is 23.3 Å². The summed E-state index contributed by atoms with van der Waals surface area (Å²) in [7, 11) is 0. The first-order valence-corrected chi connectivity index (χ1v) is 5.35. The van der Waals surface area contributed by atoms with Crippen LogP contribution in [0.1, 0.15) is 32.1 Å². The lowest BCUT2D eigenvalue weighted by Crippen LogP contribution is -2.24. The van der Waals surface area contributed by atoms with Crippen molar-refractivity contribution in [3.8, 4) is 0 Å². The molecule has 3 heteroatoms. The van der Waals surface area contributed by atoms with Crippen LogP contribution in [0.5, 0.6) is 0 Å². The molecule has 3 nitrogen and oxygen atoms in total. The zero-order chi connectivity index (χ0) is 10.8. The lowest BCUT2D eigenvalue weighted by molar-refractivity contribution is -0.133. The van der Waals surface area contributed by atoms with Crippen LogP contribution in [0.15, 0.2) is 23.3 Å². The summed E-state index contributed by atoms with van der Waals surface area (Å²) in [6.45, 7) is 0. The first-order valence-electron chi connectivity index (χ1n) is 5.35. The zero-order valence-electron chi connectivity index (χ0n) is 8.53. The number of hydrogen-bond acceptors (Lipinski definition) is 2. The van der Waals surface area contributed by atoms with Gasteiger partial charge in [0.05, 0.1) is 0 Å². The smallest absolute Gasteiger partial charge is 0.331 e. The van der Waals surface area contributed by atoms with E-state index in [-0.39, 0.29) is 11.7 Å². The molecule has 0 aliphatic heterocycles. The second-order valence-electron chi connectivity index (χ2n) is 4.18. The Hall–Kier alpha value is -1.38. The maximum absolute atomic E-state index is 11.8. The number of ketones is 1. The van der Waals surface area contributed by atoms with Crippen LogP contribution in [-0.2, 0) is 9.59 Å². The van der Waals surface area contributed by atoms with Gasteiger partial charge in [-0.3, -0.25) is 4.79 Å². The van der Waals surface area contributed by atoms with E-state index in [1.807, 2.05) is 0 Å². The largest absolute Gasteiger partial charge is 0.478 e. The molecule has 1 saturated carbocycles. The summed E-state index contributed by atoms with van der Waals surface area (Å²) in [5, 5.41) is 8.75. The minimum absolute atomic E-state index is 0.219. The molecule has 2 rings (SSSR count). The van der Waals surface area contributed by atoms with Crippen LogP contribution in [0, 0.1) is 5.92 Å². The van der Waals surface area contributed by atoms with Crippen LogP contribution < -0.4 is 0 Å². The highest BCUT2D eigenvalue weighted by Crippen LogP contribution is 2.32. The van der Waals surface area contributed by atoms with E-state index in [0.717, 1.165) is 24.8 Å². The molecule has 0 spiro atoms. The number of Topliss-reactive ketones (excluding diaryl/α,β-unsaturated/α-hetero) is 1. The molecule has 0 atom stereocenters. The Bertz CT molecular complexity index is 359. The number of hydrogen-bond donors (Lipinski definition) is 1. The number of aliphatic carboxylic acids is 1. The van der Waals surface area contributed by atoms with Crippen LogP contribution in [-0.4, -0.2) is 16.9 Å². The highest BCUT2D eigenvalue weighted by molar-refractivity contribution is 5.99. The standard InChI is InChI=1S/C12H14O3/c13-11(8-2-1-3-8)9-4-6-10(7-5-9)12(14)15/h4,6,8H,1-3,5,7H2,(H,14,15). The molecular weight excluding hydrogens is 192 g/mol. The topological polar surface area (TPSA) is 54.4 Å². The molecule has 0 unspecified atom stereocenters. The summed E-state index contributed by atoms with van der Waals surface area (Å²) >= 11 is 0. The highest BCUT2D eigenvalue weighted by Gasteiger charge is 2.28. The number of carbonyl (C=O) groups is 2. The Morgan fingerprint density at radius 1 is 1.13 bits per heavy atom. The van der Waals surface area contributed by atoms with Crippen LogP contribution >= 0.6 is 0 Å². The van der Waals surface area contributed by atoms with Gasteiger partial charge in [0.25, 0.3) is 0 Å². The maximum atomic E-state index is 11.8. The molecule has 15 heavy (non-hydrogen) atoms. The van der Waals surface area contributed by atoms with E-state index in [1.165, 1.54) is 0 Å². The van der Waals surface area contributed by atoms with Gasteiger partial charge in [0.1, 0.15) is 0 Å². The summed E-state index contributed by atoms with van der Waals surface area (Å²) in [6, 6.07) is 0. The van der Waals surface area contributed by atoms with Gasteiger partial charge in [-0.2, -0.15) is 0 Å². The van der Waals surface area contributed by atoms with Gasteiger partial charge in [-0.05, 0) is 31.3 Å². The van der Waals surface area contributed by atoms with Crippen molar-refractivity contribution in [2.45, 2.75) is 32.1 Å². The van der Waals surface area contributed by atoms with E-state index < -0.39 is 5.97 Å². The molecule has 0 saturated heterocycles. The van der Waals surface area contributed by atoms with E-state index in [0.29, 0.717) is 18.4 Å². The molecule has 1 fully saturated rings. The molecule has 0 heterocycles. The Labute approximate surface area is 88.5 Å². The van der Waals surface area contributed by atoms with E-state index in [2.05, 4.69) is 0 Å². The third kappa shape index (κ3) is 2.01. The van der Waals surface area contributed by atoms with Crippen molar-refractivity contribution in [3.63, 3.8) is 0 Å². The monoisotopic (exact) mass is 206 g/mol. The summed E-state index contributed by atoms with van der Waals surface area (Å²) < 4.78 is 0. The quantitative estimate of drug-likeness (QED) is 0.769. The minimum atomic E-state index is -0.874. The van der Waals surface area contributed by atoms with Crippen molar-refractivity contribution in [2.24, 2.45) is 5.92 Å². The zero-order valence-corrected chi connectivity index (χ0v) is 8.53. The van der Waals surface area contributed by atoms with E-state index in [9.17, 15) is 9.59 Å². The van der Waals surface area contributed by atoms with Gasteiger partial charge in [-0.15, -0.1) is 0 Å². The van der Waals surface area contributed by atoms with Gasteiger partial charge in [0, 0.05) is 11.5 Å². The van der Waals surface area contributed by atoms with Crippen LogP contribution in [0.25, 0.3) is 0 Å². The molecule has 2 aliphatic carbocycles. The lowest BCUT2D eigenvalue weighted by atomic mass is 9.78. The van der Waals surface area contributed by atoms with E-state index >= 15 is 0 Å². The summed E-state index contributed by atoms with van der Waals surface area (Å²) in [5.41, 5.74) is 1.21. The average Bonchev–Trinajstić information content (AvgIpc) is 2.15. The lowest BCUT2D eigenvalue weighted by Gasteiger charge is -2.25. The van der Waals surface area contributed by atoms with Gasteiger partial charge in [0.15, 0.2) is 5.78 Å². The van der Waals surface area contributed by atoms with Crippen molar-refractivity contribution >= 4 is 11.8 Å². The number of carbonyl (C=O) groups excluding carboxylic acids is 1. The van der Waals surface area contributed by atoms with E-state index in [4.69, 9.17) is 5.11 Å². The van der Waals surface area contributed by atoms with Crippen LogP contribution in [0.4, 0.5) is 0 Å². The minimum Gasteiger partial charge on any atom is -0.478 e. The first-order chi connectivity index (χ1) is 7.18. The van der Waals surface area contributed by atoms with Gasteiger partial charge in [-0.1, -0.05) is 18.6 Å². The highest BCUT2D eigenvalue weighted by atomic mass is 16.4. The molecule has 0 aromatic carbocycles. The third-order valence-corrected chi connectivity index (χ3v) is 3.22. The van der Waals surface area contributed by atoms with Crippen molar-refractivity contribution < 1.29 is 14.7 Å². The predicted molar refractivity (Wildman–Crippen MR) is 55.4 cm³/mol. The summed E-state index contributed by atoms with van der Waals surface area (Å²) in [5.74, 6) is -0.417. The van der Waals surface area contributed by atoms with E-state index in [1.54, 1.807) is 12.2 Å². The molecule has 0 aromatic rings. The number of carboxylic acid groups (broad SMARTS) is 1. The average molecular weight is 206 g/mol. The summed E-state index contributed by atoms with van der Waals surface area (Å²) in [6.07, 6.45) is 7.50. The van der Waals surface area contributed by atoms with Crippen LogP contribution in [0.2, 0.25) is 0 Å². The number of rotatable bonds is 3. The fraction of sp³-hybridized carbons (Fsp3) is 0.500. The fourth-order valence-corrected chi connectivity index (χ4v) is 1.95. The molecule has 0 bridgehead atoms. The van der Waals surface area contributed by atoms with Crippen molar-refractivity contribution in [2.75, 3.05) is 0 Å². The fourth-order valence-electron chi connectivity index (χ4n) is 1.95. The SMILES string of the molecule is O=C(O)C1=CC=C(C(=O)C2CCC2)CC1. The van der Waals surface area contributed by atoms with Gasteiger partial charge >= 0.3 is 5.97 Å². The summed E-state index contributed by atoms with van der Waals surface area (Å²) in [4.78, 5) is 22.5. The van der Waals surface area contributed by atoms with Gasteiger partial charge < -0.3 is 5.11 Å². The molecule has 1 N–H and O–H groups in total. The van der Waals surface area contributed by atoms with Gasteiger partial charge in [-0.25, -0.2) is 4.79 Å². The van der Waals surface area contributed by atoms with Crippen molar-refractivity contribution in [1.29, 1.82) is 0 Å². The van der Waals surface area contributed by atoms with Gasteiger partial charge in [0.2, 0.25) is 0 Å².